The maximum Gasteiger partial charge on any atom is 0.146 e. The molecule has 3 nitrogen and oxygen atoms in total. The van der Waals surface area contributed by atoms with E-state index in [0.29, 0.717) is 5.56 Å². The lowest BCUT2D eigenvalue weighted by Crippen LogP contribution is -1.96. The van der Waals surface area contributed by atoms with Crippen molar-refractivity contribution in [2.45, 2.75) is 6.42 Å². The number of nitrogens with zero attached hydrogens (tertiary/aromatic N) is 2. The van der Waals surface area contributed by atoms with Crippen LogP contribution in [0.25, 0.3) is 0 Å². The molecule has 0 atom stereocenters. The van der Waals surface area contributed by atoms with Crippen LogP contribution in [-0.2, 0) is 6.42 Å². The lowest BCUT2D eigenvalue weighted by atomic mass is 10.1. The third-order valence-electron chi connectivity index (χ3n) is 1.61. The van der Waals surface area contributed by atoms with Crippen molar-refractivity contribution in [2.24, 2.45) is 0 Å². The van der Waals surface area contributed by atoms with Crippen LogP contribution in [0.4, 0.5) is 10.1 Å². The third kappa shape index (κ3) is 1.74. The predicted octanol–water partition coefficient (Wildman–Crippen LogP) is 1.35. The molecule has 0 aliphatic carbocycles. The maximum atomic E-state index is 12.9. The highest BCUT2D eigenvalue weighted by Crippen LogP contribution is 2.17. The van der Waals surface area contributed by atoms with Gasteiger partial charge in [-0.05, 0) is 17.7 Å². The van der Waals surface area contributed by atoms with Gasteiger partial charge < -0.3 is 5.73 Å². The van der Waals surface area contributed by atoms with E-state index >= 15 is 0 Å². The molecule has 0 radical (unpaired) electrons. The zero-order valence-electron chi connectivity index (χ0n) is 6.71. The number of rotatable bonds is 1. The molecular weight excluding hydrogens is 169 g/mol. The van der Waals surface area contributed by atoms with Gasteiger partial charge in [0.2, 0.25) is 0 Å². The summed E-state index contributed by atoms with van der Waals surface area (Å²) in [6, 6.07) is 6.06. The number of benzene rings is 1. The number of anilines is 1. The van der Waals surface area contributed by atoms with Crippen molar-refractivity contribution < 1.29 is 4.39 Å². The first kappa shape index (κ1) is 9.02. The van der Waals surface area contributed by atoms with Gasteiger partial charge in [-0.1, -0.05) is 0 Å². The minimum Gasteiger partial charge on any atom is -0.396 e. The van der Waals surface area contributed by atoms with E-state index in [1.807, 2.05) is 12.1 Å². The van der Waals surface area contributed by atoms with Gasteiger partial charge in [-0.15, -0.1) is 0 Å². The van der Waals surface area contributed by atoms with Crippen LogP contribution < -0.4 is 5.73 Å². The van der Waals surface area contributed by atoms with Crippen molar-refractivity contribution in [3.05, 3.63) is 29.1 Å². The highest BCUT2D eigenvalue weighted by atomic mass is 19.1. The molecule has 0 heterocycles. The van der Waals surface area contributed by atoms with Gasteiger partial charge in [0, 0.05) is 0 Å². The highest BCUT2D eigenvalue weighted by Gasteiger charge is 2.06. The molecule has 0 amide bonds. The van der Waals surface area contributed by atoms with E-state index in [9.17, 15) is 4.39 Å². The molecule has 2 N–H and O–H groups in total. The smallest absolute Gasteiger partial charge is 0.146 e. The van der Waals surface area contributed by atoms with Crippen molar-refractivity contribution in [1.29, 1.82) is 10.5 Å². The Morgan fingerprint density at radius 1 is 1.38 bits per heavy atom. The Kier molecular flexibility index (Phi) is 2.47. The number of hydrogen-bond donors (Lipinski definition) is 1. The van der Waals surface area contributed by atoms with E-state index in [1.54, 1.807) is 0 Å². The van der Waals surface area contributed by atoms with Crippen LogP contribution in [-0.4, -0.2) is 0 Å². The van der Waals surface area contributed by atoms with Crippen LogP contribution in [0.2, 0.25) is 0 Å². The molecule has 0 fully saturated rings. The molecule has 0 spiro atoms. The van der Waals surface area contributed by atoms with Gasteiger partial charge in [-0.3, -0.25) is 0 Å². The molecule has 0 saturated heterocycles. The summed E-state index contributed by atoms with van der Waals surface area (Å²) in [6.07, 6.45) is 0.0140. The van der Waals surface area contributed by atoms with Crippen molar-refractivity contribution in [3.63, 3.8) is 0 Å². The molecule has 4 heteroatoms. The fourth-order valence-electron chi connectivity index (χ4n) is 0.967. The molecule has 1 aromatic carbocycles. The Balaban J connectivity index is 3.28. The van der Waals surface area contributed by atoms with Crippen LogP contribution in [0.3, 0.4) is 0 Å². The van der Waals surface area contributed by atoms with Crippen LogP contribution >= 0.6 is 0 Å². The predicted molar refractivity (Wildman–Crippen MR) is 44.8 cm³/mol. The third-order valence-corrected chi connectivity index (χ3v) is 1.61. The van der Waals surface area contributed by atoms with Crippen molar-refractivity contribution in [3.8, 4) is 12.1 Å². The molecule has 0 unspecified atom stereocenters. The van der Waals surface area contributed by atoms with E-state index in [-0.39, 0.29) is 17.7 Å². The number of nitriles is 2. The van der Waals surface area contributed by atoms with Crippen LogP contribution in [0.5, 0.6) is 0 Å². The van der Waals surface area contributed by atoms with E-state index in [2.05, 4.69) is 0 Å². The summed E-state index contributed by atoms with van der Waals surface area (Å²) in [7, 11) is 0. The molecule has 13 heavy (non-hydrogen) atoms. The Morgan fingerprint density at radius 3 is 2.62 bits per heavy atom. The first-order valence-corrected chi connectivity index (χ1v) is 3.54. The van der Waals surface area contributed by atoms with Gasteiger partial charge in [-0.25, -0.2) is 4.39 Å². The summed E-state index contributed by atoms with van der Waals surface area (Å²) in [5, 5.41) is 17.0. The lowest BCUT2D eigenvalue weighted by molar-refractivity contribution is 0.630. The monoisotopic (exact) mass is 175 g/mol. The molecule has 0 aliphatic rings. The Morgan fingerprint density at radius 2 is 2.08 bits per heavy atom. The van der Waals surface area contributed by atoms with E-state index < -0.39 is 5.82 Å². The fourth-order valence-corrected chi connectivity index (χ4v) is 0.967. The zero-order chi connectivity index (χ0) is 9.84. The minimum atomic E-state index is -0.593. The van der Waals surface area contributed by atoms with Gasteiger partial charge in [0.05, 0.1) is 29.8 Å². The van der Waals surface area contributed by atoms with Gasteiger partial charge in [0.1, 0.15) is 5.82 Å². The molecule has 0 bridgehead atoms. The molecule has 0 aromatic heterocycles. The second-order valence-corrected chi connectivity index (χ2v) is 2.48. The van der Waals surface area contributed by atoms with Gasteiger partial charge in [0.15, 0.2) is 0 Å². The number of hydrogen-bond acceptors (Lipinski definition) is 3. The molecule has 64 valence electrons. The van der Waals surface area contributed by atoms with E-state index in [1.165, 1.54) is 6.07 Å². The first-order chi connectivity index (χ1) is 6.19. The molecule has 0 saturated carbocycles. The summed E-state index contributed by atoms with van der Waals surface area (Å²) in [5.41, 5.74) is 5.80. The molecule has 0 aliphatic heterocycles. The summed E-state index contributed by atoms with van der Waals surface area (Å²) in [5.74, 6) is -0.593. The Hall–Kier alpha value is -2.07. The Bertz CT molecular complexity index is 412. The largest absolute Gasteiger partial charge is 0.396 e. The molecule has 1 aromatic rings. The van der Waals surface area contributed by atoms with Crippen LogP contribution in [0, 0.1) is 28.5 Å². The highest BCUT2D eigenvalue weighted by molar-refractivity contribution is 5.51. The topological polar surface area (TPSA) is 73.6 Å². The summed E-state index contributed by atoms with van der Waals surface area (Å²) >= 11 is 0. The van der Waals surface area contributed by atoms with E-state index in [4.69, 9.17) is 16.3 Å². The van der Waals surface area contributed by atoms with Gasteiger partial charge in [-0.2, -0.15) is 10.5 Å². The minimum absolute atomic E-state index is 0.0140. The quantitative estimate of drug-likeness (QED) is 0.654. The van der Waals surface area contributed by atoms with Crippen molar-refractivity contribution in [2.75, 3.05) is 5.73 Å². The normalized spacial score (nSPS) is 8.85. The SMILES string of the molecule is N#CCc1cc(F)c(N)cc1C#N. The average molecular weight is 175 g/mol. The second-order valence-electron chi connectivity index (χ2n) is 2.48. The lowest BCUT2D eigenvalue weighted by Gasteiger charge is -2.01. The number of nitrogen functional groups attached to an aromatic ring is 1. The molecule has 1 rings (SSSR count). The summed E-state index contributed by atoms with van der Waals surface area (Å²) in [4.78, 5) is 0. The number of nitrogens with two attached hydrogens (primary N) is 1. The summed E-state index contributed by atoms with van der Waals surface area (Å²) < 4.78 is 12.9. The Labute approximate surface area is 74.8 Å². The number of halogens is 1. The fraction of sp³-hybridized carbons (Fsp3) is 0.111. The maximum absolute atomic E-state index is 12.9. The average Bonchev–Trinajstić information content (AvgIpc) is 2.11. The van der Waals surface area contributed by atoms with E-state index in [0.717, 1.165) is 6.07 Å². The molecular formula is C9H6FN3. The van der Waals surface area contributed by atoms with Gasteiger partial charge in [0.25, 0.3) is 0 Å². The van der Waals surface area contributed by atoms with Crippen molar-refractivity contribution in [1.82, 2.24) is 0 Å². The van der Waals surface area contributed by atoms with Crippen LogP contribution in [0.15, 0.2) is 12.1 Å². The first-order valence-electron chi connectivity index (χ1n) is 3.54. The van der Waals surface area contributed by atoms with Crippen LogP contribution in [0.1, 0.15) is 11.1 Å². The summed E-state index contributed by atoms with van der Waals surface area (Å²) in [6.45, 7) is 0. The van der Waals surface area contributed by atoms with Gasteiger partial charge >= 0.3 is 0 Å². The second kappa shape index (κ2) is 3.55. The standard InChI is InChI=1S/C9H6FN3/c10-8-3-6(1-2-11)7(5-12)4-9(8)13/h3-4H,1,13H2. The van der Waals surface area contributed by atoms with Crippen molar-refractivity contribution >= 4 is 5.69 Å². The zero-order valence-corrected chi connectivity index (χ0v) is 6.71.